The van der Waals surface area contributed by atoms with E-state index in [1.807, 2.05) is 6.92 Å². The quantitative estimate of drug-likeness (QED) is 0.872. The smallest absolute Gasteiger partial charge is 0.328 e. The summed E-state index contributed by atoms with van der Waals surface area (Å²) < 4.78 is 4.98. The predicted octanol–water partition coefficient (Wildman–Crippen LogP) is 2.67. The van der Waals surface area contributed by atoms with E-state index in [9.17, 15) is 4.79 Å². The Labute approximate surface area is 116 Å². The molecule has 2 rings (SSSR count). The Kier molecular flexibility index (Phi) is 3.99. The zero-order valence-electron chi connectivity index (χ0n) is 11.5. The number of nitrogens with zero attached hydrogens (tertiary/aromatic N) is 2. The van der Waals surface area contributed by atoms with Crippen LogP contribution in [0.4, 0.5) is 5.82 Å². The highest BCUT2D eigenvalue weighted by atomic mass is 32.1. The van der Waals surface area contributed by atoms with Gasteiger partial charge in [-0.25, -0.2) is 14.8 Å². The van der Waals surface area contributed by atoms with Gasteiger partial charge in [0.05, 0.1) is 12.0 Å². The van der Waals surface area contributed by atoms with E-state index in [0.29, 0.717) is 12.4 Å². The minimum Gasteiger partial charge on any atom is -0.464 e. The second kappa shape index (κ2) is 5.52. The third-order valence-electron chi connectivity index (χ3n) is 2.96. The molecule has 0 spiro atoms. The maximum absolute atomic E-state index is 11.6. The molecule has 0 aromatic carbocycles. The topological polar surface area (TPSA) is 64.1 Å². The summed E-state index contributed by atoms with van der Waals surface area (Å²) in [6, 6.07) is -0.433. The fraction of sp³-hybridized carbons (Fsp3) is 0.462. The molecule has 0 amide bonds. The molecule has 0 aliphatic rings. The van der Waals surface area contributed by atoms with Crippen LogP contribution in [0.5, 0.6) is 0 Å². The van der Waals surface area contributed by atoms with Crippen molar-refractivity contribution in [2.75, 3.05) is 11.9 Å². The Bertz CT molecular complexity index is 609. The Morgan fingerprint density at radius 3 is 2.89 bits per heavy atom. The van der Waals surface area contributed by atoms with Crippen molar-refractivity contribution in [3.8, 4) is 0 Å². The first kappa shape index (κ1) is 13.7. The van der Waals surface area contributed by atoms with Crippen LogP contribution in [-0.4, -0.2) is 28.6 Å². The van der Waals surface area contributed by atoms with Crippen molar-refractivity contribution in [1.82, 2.24) is 9.97 Å². The van der Waals surface area contributed by atoms with Gasteiger partial charge in [-0.2, -0.15) is 0 Å². The van der Waals surface area contributed by atoms with Crippen molar-refractivity contribution in [2.45, 2.75) is 33.7 Å². The minimum absolute atomic E-state index is 0.279. The Balaban J connectivity index is 2.33. The van der Waals surface area contributed by atoms with Crippen LogP contribution < -0.4 is 5.32 Å². The summed E-state index contributed by atoms with van der Waals surface area (Å²) in [5.74, 6) is 0.409. The molecule has 6 heteroatoms. The van der Waals surface area contributed by atoms with Crippen LogP contribution >= 0.6 is 11.3 Å². The van der Waals surface area contributed by atoms with Gasteiger partial charge in [-0.05, 0) is 33.3 Å². The lowest BCUT2D eigenvalue weighted by atomic mass is 10.2. The molecule has 2 aromatic rings. The van der Waals surface area contributed by atoms with Crippen LogP contribution in [0.2, 0.25) is 0 Å². The van der Waals surface area contributed by atoms with Gasteiger partial charge in [-0.3, -0.25) is 0 Å². The fourth-order valence-corrected chi connectivity index (χ4v) is 2.82. The standard InChI is InChI=1S/C13H17N3O2S/c1-5-18-13(17)8(3)16-11-10-7(2)9(4)19-12(10)15-6-14-11/h6,8H,5H2,1-4H3,(H,14,15,16). The van der Waals surface area contributed by atoms with E-state index in [4.69, 9.17) is 4.74 Å². The number of hydrogen-bond donors (Lipinski definition) is 1. The summed E-state index contributed by atoms with van der Waals surface area (Å²) in [6.45, 7) is 8.03. The first-order valence-electron chi connectivity index (χ1n) is 6.18. The van der Waals surface area contributed by atoms with E-state index in [0.717, 1.165) is 15.8 Å². The van der Waals surface area contributed by atoms with Crippen LogP contribution in [-0.2, 0) is 9.53 Å². The lowest BCUT2D eigenvalue weighted by molar-refractivity contribution is -0.143. The lowest BCUT2D eigenvalue weighted by Gasteiger charge is -2.13. The molecule has 0 aliphatic carbocycles. The highest BCUT2D eigenvalue weighted by Gasteiger charge is 2.18. The number of carbonyl (C=O) groups excluding carboxylic acids is 1. The number of aromatic nitrogens is 2. The highest BCUT2D eigenvalue weighted by molar-refractivity contribution is 7.18. The molecule has 0 saturated heterocycles. The van der Waals surface area contributed by atoms with Crippen molar-refractivity contribution in [3.63, 3.8) is 0 Å². The molecule has 0 aliphatic heterocycles. The average Bonchev–Trinajstić information content (AvgIpc) is 2.66. The number of thiophene rings is 1. The SMILES string of the molecule is CCOC(=O)C(C)Nc1ncnc2sc(C)c(C)c12. The van der Waals surface area contributed by atoms with E-state index >= 15 is 0 Å². The Morgan fingerprint density at radius 1 is 1.47 bits per heavy atom. The van der Waals surface area contributed by atoms with Crippen molar-refractivity contribution in [1.29, 1.82) is 0 Å². The molecule has 19 heavy (non-hydrogen) atoms. The number of ether oxygens (including phenoxy) is 1. The number of rotatable bonds is 4. The van der Waals surface area contributed by atoms with Crippen molar-refractivity contribution < 1.29 is 9.53 Å². The fourth-order valence-electron chi connectivity index (χ4n) is 1.82. The van der Waals surface area contributed by atoms with Gasteiger partial charge in [0.15, 0.2) is 0 Å². The van der Waals surface area contributed by atoms with Crippen molar-refractivity contribution >= 4 is 33.3 Å². The Morgan fingerprint density at radius 2 is 2.21 bits per heavy atom. The van der Waals surface area contributed by atoms with Gasteiger partial charge >= 0.3 is 5.97 Å². The first-order valence-corrected chi connectivity index (χ1v) is 7.00. The molecule has 0 fully saturated rings. The molecular weight excluding hydrogens is 262 g/mol. The summed E-state index contributed by atoms with van der Waals surface area (Å²) in [4.78, 5) is 22.3. The lowest BCUT2D eigenvalue weighted by Crippen LogP contribution is -2.28. The number of nitrogens with one attached hydrogen (secondary N) is 1. The van der Waals surface area contributed by atoms with Gasteiger partial charge in [0.25, 0.3) is 0 Å². The summed E-state index contributed by atoms with van der Waals surface area (Å²) in [5.41, 5.74) is 1.15. The van der Waals surface area contributed by atoms with Gasteiger partial charge < -0.3 is 10.1 Å². The van der Waals surface area contributed by atoms with E-state index in [2.05, 4.69) is 22.2 Å². The van der Waals surface area contributed by atoms with E-state index in [1.54, 1.807) is 25.2 Å². The number of anilines is 1. The average molecular weight is 279 g/mol. The third-order valence-corrected chi connectivity index (χ3v) is 4.07. The molecule has 5 nitrogen and oxygen atoms in total. The van der Waals surface area contributed by atoms with Crippen LogP contribution in [0.3, 0.4) is 0 Å². The van der Waals surface area contributed by atoms with Gasteiger partial charge in [0.1, 0.15) is 23.0 Å². The molecule has 102 valence electrons. The number of fused-ring (bicyclic) bond motifs is 1. The summed E-state index contributed by atoms with van der Waals surface area (Å²) >= 11 is 1.63. The molecule has 1 unspecified atom stereocenters. The number of esters is 1. The second-order valence-corrected chi connectivity index (χ2v) is 5.51. The van der Waals surface area contributed by atoms with Crippen LogP contribution in [0.1, 0.15) is 24.3 Å². The molecule has 0 bridgehead atoms. The predicted molar refractivity (Wildman–Crippen MR) is 76.6 cm³/mol. The molecule has 0 saturated carbocycles. The van der Waals surface area contributed by atoms with Crippen LogP contribution in [0.25, 0.3) is 10.2 Å². The minimum atomic E-state index is -0.433. The molecular formula is C13H17N3O2S. The van der Waals surface area contributed by atoms with E-state index in [1.165, 1.54) is 11.2 Å². The van der Waals surface area contributed by atoms with Gasteiger partial charge in [0, 0.05) is 4.88 Å². The molecule has 2 aromatic heterocycles. The van der Waals surface area contributed by atoms with E-state index < -0.39 is 6.04 Å². The number of hydrogen-bond acceptors (Lipinski definition) is 6. The zero-order chi connectivity index (χ0) is 14.0. The van der Waals surface area contributed by atoms with Crippen LogP contribution in [0.15, 0.2) is 6.33 Å². The highest BCUT2D eigenvalue weighted by Crippen LogP contribution is 2.32. The van der Waals surface area contributed by atoms with Gasteiger partial charge in [-0.15, -0.1) is 11.3 Å². The Hall–Kier alpha value is -1.69. The molecule has 1 atom stereocenters. The number of aryl methyl sites for hydroxylation is 2. The summed E-state index contributed by atoms with van der Waals surface area (Å²) in [7, 11) is 0. The van der Waals surface area contributed by atoms with E-state index in [-0.39, 0.29) is 5.97 Å². The first-order chi connectivity index (χ1) is 9.04. The third kappa shape index (κ3) is 2.68. The largest absolute Gasteiger partial charge is 0.464 e. The maximum Gasteiger partial charge on any atom is 0.328 e. The molecule has 2 heterocycles. The number of carbonyl (C=O) groups is 1. The summed E-state index contributed by atoms with van der Waals surface area (Å²) in [5, 5.41) is 4.09. The zero-order valence-corrected chi connectivity index (χ0v) is 12.3. The molecule has 1 N–H and O–H groups in total. The van der Waals surface area contributed by atoms with Gasteiger partial charge in [0.2, 0.25) is 0 Å². The van der Waals surface area contributed by atoms with Crippen molar-refractivity contribution in [2.24, 2.45) is 0 Å². The summed E-state index contributed by atoms with van der Waals surface area (Å²) in [6.07, 6.45) is 1.51. The monoisotopic (exact) mass is 279 g/mol. The second-order valence-electron chi connectivity index (χ2n) is 4.30. The maximum atomic E-state index is 11.6. The van der Waals surface area contributed by atoms with Crippen LogP contribution in [0, 0.1) is 13.8 Å². The molecule has 0 radical (unpaired) electrons. The van der Waals surface area contributed by atoms with Crippen molar-refractivity contribution in [3.05, 3.63) is 16.8 Å². The van der Waals surface area contributed by atoms with Gasteiger partial charge in [-0.1, -0.05) is 0 Å². The normalized spacial score (nSPS) is 12.4.